The average Bonchev–Trinajstić information content (AvgIpc) is 2.09. The molecular formula is C12H15ClO2. The predicted molar refractivity (Wildman–Crippen MR) is 61.6 cm³/mol. The van der Waals surface area contributed by atoms with Crippen LogP contribution < -0.4 is 0 Å². The largest absolute Gasteiger partial charge is 0.507 e. The van der Waals surface area contributed by atoms with Gasteiger partial charge in [0.2, 0.25) is 0 Å². The number of rotatable bonds is 3. The number of Topliss-reactive ketones (excluding diaryl/α,β-unsaturated/α-hetero) is 1. The SMILES string of the molecule is Cc1cc(Cl)cc(C(=O)CC(C)C)c1O. The van der Waals surface area contributed by atoms with Crippen LogP contribution in [0.5, 0.6) is 5.75 Å². The summed E-state index contributed by atoms with van der Waals surface area (Å²) in [6.45, 7) is 5.66. The monoisotopic (exact) mass is 226 g/mol. The van der Waals surface area contributed by atoms with Crippen molar-refractivity contribution < 1.29 is 9.90 Å². The van der Waals surface area contributed by atoms with Crippen molar-refractivity contribution in [3.63, 3.8) is 0 Å². The molecule has 3 heteroatoms. The van der Waals surface area contributed by atoms with E-state index in [4.69, 9.17) is 11.6 Å². The second-order valence-corrected chi connectivity index (χ2v) is 4.58. The topological polar surface area (TPSA) is 37.3 Å². The Balaban J connectivity index is 3.08. The van der Waals surface area contributed by atoms with Gasteiger partial charge in [-0.2, -0.15) is 0 Å². The van der Waals surface area contributed by atoms with Crippen LogP contribution in [-0.4, -0.2) is 10.9 Å². The first-order valence-corrected chi connectivity index (χ1v) is 5.32. The number of ketones is 1. The number of halogens is 1. The normalized spacial score (nSPS) is 10.7. The number of aryl methyl sites for hydroxylation is 1. The Morgan fingerprint density at radius 3 is 2.60 bits per heavy atom. The number of hydrogen-bond acceptors (Lipinski definition) is 2. The van der Waals surface area contributed by atoms with Gasteiger partial charge in [-0.05, 0) is 30.5 Å². The molecule has 0 aromatic heterocycles. The van der Waals surface area contributed by atoms with Gasteiger partial charge in [0.05, 0.1) is 5.56 Å². The molecule has 0 unspecified atom stereocenters. The third-order valence-corrected chi connectivity index (χ3v) is 2.38. The van der Waals surface area contributed by atoms with Gasteiger partial charge < -0.3 is 5.11 Å². The Labute approximate surface area is 94.9 Å². The van der Waals surface area contributed by atoms with E-state index in [1.807, 2.05) is 13.8 Å². The van der Waals surface area contributed by atoms with Gasteiger partial charge in [-0.3, -0.25) is 4.79 Å². The zero-order valence-electron chi connectivity index (χ0n) is 9.17. The van der Waals surface area contributed by atoms with Crippen LogP contribution in [0, 0.1) is 12.8 Å². The summed E-state index contributed by atoms with van der Waals surface area (Å²) in [6, 6.07) is 3.16. The molecule has 0 heterocycles. The van der Waals surface area contributed by atoms with Crippen molar-refractivity contribution >= 4 is 17.4 Å². The summed E-state index contributed by atoms with van der Waals surface area (Å²) in [5, 5.41) is 10.2. The minimum atomic E-state index is -0.0619. The summed E-state index contributed by atoms with van der Waals surface area (Å²) in [5.74, 6) is 0.259. The molecule has 1 aromatic rings. The average molecular weight is 227 g/mol. The standard InChI is InChI=1S/C12H15ClO2/c1-7(2)4-11(14)10-6-9(13)5-8(3)12(10)15/h5-7,15H,4H2,1-3H3. The summed E-state index contributed by atoms with van der Waals surface area (Å²) >= 11 is 5.84. The van der Waals surface area contributed by atoms with Crippen LogP contribution in [0.15, 0.2) is 12.1 Å². The van der Waals surface area contributed by atoms with E-state index in [9.17, 15) is 9.90 Å². The third-order valence-electron chi connectivity index (χ3n) is 2.16. The lowest BCUT2D eigenvalue weighted by atomic mass is 9.99. The molecule has 0 aliphatic rings. The first-order valence-electron chi connectivity index (χ1n) is 4.94. The highest BCUT2D eigenvalue weighted by molar-refractivity contribution is 6.31. The van der Waals surface area contributed by atoms with Crippen LogP contribution in [-0.2, 0) is 0 Å². The molecule has 1 rings (SSSR count). The molecule has 82 valence electrons. The Morgan fingerprint density at radius 2 is 2.07 bits per heavy atom. The lowest BCUT2D eigenvalue weighted by molar-refractivity contribution is 0.0965. The lowest BCUT2D eigenvalue weighted by Crippen LogP contribution is -2.04. The Bertz CT molecular complexity index is 383. The summed E-state index contributed by atoms with van der Waals surface area (Å²) in [7, 11) is 0. The van der Waals surface area contributed by atoms with E-state index >= 15 is 0 Å². The van der Waals surface area contributed by atoms with Crippen LogP contribution in [0.1, 0.15) is 36.2 Å². The van der Waals surface area contributed by atoms with Gasteiger partial charge >= 0.3 is 0 Å². The first kappa shape index (κ1) is 12.1. The summed E-state index contributed by atoms with van der Waals surface area (Å²) in [6.07, 6.45) is 0.424. The van der Waals surface area contributed by atoms with Crippen molar-refractivity contribution in [1.82, 2.24) is 0 Å². The van der Waals surface area contributed by atoms with E-state index in [2.05, 4.69) is 0 Å². The molecule has 0 spiro atoms. The number of aromatic hydroxyl groups is 1. The summed E-state index contributed by atoms with van der Waals surface area (Å²) in [5.41, 5.74) is 0.961. The predicted octanol–water partition coefficient (Wildman–Crippen LogP) is 3.58. The van der Waals surface area contributed by atoms with Crippen LogP contribution in [0.2, 0.25) is 5.02 Å². The van der Waals surface area contributed by atoms with Crippen molar-refractivity contribution in [2.75, 3.05) is 0 Å². The molecule has 0 bridgehead atoms. The minimum Gasteiger partial charge on any atom is -0.507 e. The molecule has 0 saturated heterocycles. The highest BCUT2D eigenvalue weighted by Gasteiger charge is 2.15. The number of phenols is 1. The Kier molecular flexibility index (Phi) is 3.75. The number of phenolic OH excluding ortho intramolecular Hbond substituents is 1. The van der Waals surface area contributed by atoms with E-state index in [0.717, 1.165) is 0 Å². The van der Waals surface area contributed by atoms with E-state index in [-0.39, 0.29) is 17.5 Å². The Morgan fingerprint density at radius 1 is 1.47 bits per heavy atom. The molecular weight excluding hydrogens is 212 g/mol. The smallest absolute Gasteiger partial charge is 0.166 e. The molecule has 15 heavy (non-hydrogen) atoms. The van der Waals surface area contributed by atoms with E-state index < -0.39 is 0 Å². The maximum absolute atomic E-state index is 11.8. The number of hydrogen-bond donors (Lipinski definition) is 1. The van der Waals surface area contributed by atoms with Crippen molar-refractivity contribution in [3.8, 4) is 5.75 Å². The van der Waals surface area contributed by atoms with Crippen LogP contribution in [0.25, 0.3) is 0 Å². The van der Waals surface area contributed by atoms with Gasteiger partial charge in [0, 0.05) is 11.4 Å². The van der Waals surface area contributed by atoms with Crippen molar-refractivity contribution in [2.45, 2.75) is 27.2 Å². The van der Waals surface area contributed by atoms with Crippen LogP contribution >= 0.6 is 11.6 Å². The zero-order chi connectivity index (χ0) is 11.6. The molecule has 0 atom stereocenters. The fourth-order valence-electron chi connectivity index (χ4n) is 1.43. The van der Waals surface area contributed by atoms with E-state index in [1.165, 1.54) is 6.07 Å². The van der Waals surface area contributed by atoms with Gasteiger partial charge in [-0.15, -0.1) is 0 Å². The third kappa shape index (κ3) is 2.96. The highest BCUT2D eigenvalue weighted by Crippen LogP contribution is 2.28. The van der Waals surface area contributed by atoms with Crippen molar-refractivity contribution in [2.24, 2.45) is 5.92 Å². The fourth-order valence-corrected chi connectivity index (χ4v) is 1.70. The molecule has 0 radical (unpaired) electrons. The maximum Gasteiger partial charge on any atom is 0.166 e. The lowest BCUT2D eigenvalue weighted by Gasteiger charge is -2.08. The second-order valence-electron chi connectivity index (χ2n) is 4.14. The van der Waals surface area contributed by atoms with Gasteiger partial charge in [-0.1, -0.05) is 25.4 Å². The molecule has 0 fully saturated rings. The summed E-state index contributed by atoms with van der Waals surface area (Å²) < 4.78 is 0. The molecule has 0 aliphatic carbocycles. The van der Waals surface area contributed by atoms with Crippen molar-refractivity contribution in [3.05, 3.63) is 28.3 Å². The minimum absolute atomic E-state index is 0.0463. The van der Waals surface area contributed by atoms with Gasteiger partial charge in [-0.25, -0.2) is 0 Å². The highest BCUT2D eigenvalue weighted by atomic mass is 35.5. The molecule has 2 nitrogen and oxygen atoms in total. The first-order chi connectivity index (χ1) is 6.91. The number of carbonyl (C=O) groups excluding carboxylic acids is 1. The maximum atomic E-state index is 11.8. The molecule has 0 amide bonds. The number of benzene rings is 1. The molecule has 0 aliphatic heterocycles. The zero-order valence-corrected chi connectivity index (χ0v) is 9.93. The van der Waals surface area contributed by atoms with E-state index in [1.54, 1.807) is 13.0 Å². The van der Waals surface area contributed by atoms with Crippen LogP contribution in [0.4, 0.5) is 0 Å². The molecule has 1 N–H and O–H groups in total. The number of carbonyl (C=O) groups is 1. The quantitative estimate of drug-likeness (QED) is 0.800. The molecule has 1 aromatic carbocycles. The van der Waals surface area contributed by atoms with Gasteiger partial charge in [0.25, 0.3) is 0 Å². The fraction of sp³-hybridized carbons (Fsp3) is 0.417. The molecule has 0 saturated carbocycles. The Hall–Kier alpha value is -1.02. The van der Waals surface area contributed by atoms with Crippen molar-refractivity contribution in [1.29, 1.82) is 0 Å². The van der Waals surface area contributed by atoms with E-state index in [0.29, 0.717) is 22.6 Å². The second kappa shape index (κ2) is 4.67. The van der Waals surface area contributed by atoms with Gasteiger partial charge in [0.15, 0.2) is 5.78 Å². The summed E-state index contributed by atoms with van der Waals surface area (Å²) in [4.78, 5) is 11.8. The van der Waals surface area contributed by atoms with Crippen LogP contribution in [0.3, 0.4) is 0 Å². The van der Waals surface area contributed by atoms with Gasteiger partial charge in [0.1, 0.15) is 5.75 Å².